The lowest BCUT2D eigenvalue weighted by molar-refractivity contribution is 0.590. The predicted octanol–water partition coefficient (Wildman–Crippen LogP) is 15.2. The van der Waals surface area contributed by atoms with E-state index in [0.717, 1.165) is 33.3 Å². The molecule has 4 heteroatoms. The van der Waals surface area contributed by atoms with E-state index in [4.69, 9.17) is 4.42 Å². The van der Waals surface area contributed by atoms with Gasteiger partial charge < -0.3 is 14.1 Å². The third-order valence-electron chi connectivity index (χ3n) is 15.6. The van der Waals surface area contributed by atoms with Gasteiger partial charge in [0.2, 0.25) is 0 Å². The molecule has 4 aliphatic rings. The summed E-state index contributed by atoms with van der Waals surface area (Å²) in [5.41, 5.74) is 25.1. The Kier molecular flexibility index (Phi) is 7.68. The quantitative estimate of drug-likeness (QED) is 0.161. The van der Waals surface area contributed by atoms with E-state index in [-0.39, 0.29) is 17.7 Å². The smallest absolute Gasteiger partial charge is 0.336 e. The maximum atomic E-state index is 7.25. The number of rotatable bonds is 2. The lowest BCUT2D eigenvalue weighted by atomic mass is 9.41. The van der Waals surface area contributed by atoms with E-state index in [1.807, 2.05) is 0 Å². The van der Waals surface area contributed by atoms with Crippen LogP contribution >= 0.6 is 0 Å². The van der Waals surface area contributed by atoms with Gasteiger partial charge in [0.15, 0.2) is 0 Å². The zero-order valence-electron chi connectivity index (χ0n) is 38.8. The molecule has 1 aliphatic carbocycles. The average molecular weight is 861 g/mol. The van der Waals surface area contributed by atoms with E-state index in [9.17, 15) is 0 Å². The first-order chi connectivity index (χ1) is 32.5. The first-order valence-electron chi connectivity index (χ1n) is 23.9. The van der Waals surface area contributed by atoms with Gasteiger partial charge in [0.1, 0.15) is 11.2 Å². The van der Waals surface area contributed by atoms with Crippen LogP contribution in [0.5, 0.6) is 0 Å². The topological polar surface area (TPSA) is 19.6 Å². The van der Waals surface area contributed by atoms with Crippen molar-refractivity contribution in [3.05, 3.63) is 221 Å². The summed E-state index contributed by atoms with van der Waals surface area (Å²) in [6.07, 6.45) is 0. The molecule has 320 valence electrons. The predicted molar refractivity (Wildman–Crippen MR) is 281 cm³/mol. The molecule has 0 atom stereocenters. The van der Waals surface area contributed by atoms with E-state index in [2.05, 4.69) is 239 Å². The average Bonchev–Trinajstić information content (AvgIpc) is 3.87. The monoisotopic (exact) mass is 860 g/mol. The summed E-state index contributed by atoms with van der Waals surface area (Å²) < 4.78 is 7.25. The molecule has 10 aromatic rings. The summed E-state index contributed by atoms with van der Waals surface area (Å²) in [4.78, 5) is 5.32. The van der Waals surface area contributed by atoms with Crippen molar-refractivity contribution in [1.82, 2.24) is 0 Å². The molecule has 67 heavy (non-hydrogen) atoms. The van der Waals surface area contributed by atoms with Crippen LogP contribution < -0.4 is 20.6 Å². The highest BCUT2D eigenvalue weighted by molar-refractivity contribution is 6.95. The molecule has 3 nitrogen and oxygen atoms in total. The molecule has 14 rings (SSSR count). The summed E-state index contributed by atoms with van der Waals surface area (Å²) in [7, 11) is 0. The standard InChI is InChI=1S/C63H49BN2O/c1-61(2,3)39-31-33-52(46(35-39)38-19-8-7-9-20-38)65-54-34-32-45-43-23-12-17-30-56(43)67-60(45)58(54)64-57-47(36-40(37-55(57)65)62(4,5)6)44-24-18-28-51-59(44)66(64)53-29-16-15-27-50(53)63(51)48-25-13-10-21-41(48)42-22-11-14-26-49(42)63/h7-37H,1-6H3. The highest BCUT2D eigenvalue weighted by atomic mass is 16.3. The van der Waals surface area contributed by atoms with Crippen LogP contribution in [0.1, 0.15) is 74.9 Å². The van der Waals surface area contributed by atoms with Gasteiger partial charge in [0, 0.05) is 50.1 Å². The van der Waals surface area contributed by atoms with E-state index in [1.54, 1.807) is 0 Å². The van der Waals surface area contributed by atoms with Gasteiger partial charge in [-0.2, -0.15) is 0 Å². The molecule has 3 aliphatic heterocycles. The molecule has 0 bridgehead atoms. The Morgan fingerprint density at radius 2 is 1.03 bits per heavy atom. The maximum absolute atomic E-state index is 7.25. The van der Waals surface area contributed by atoms with Crippen molar-refractivity contribution in [2.75, 3.05) is 9.71 Å². The molecule has 0 fully saturated rings. The molecular weight excluding hydrogens is 812 g/mol. The zero-order valence-corrected chi connectivity index (χ0v) is 38.8. The highest BCUT2D eigenvalue weighted by Gasteiger charge is 2.57. The van der Waals surface area contributed by atoms with Crippen molar-refractivity contribution in [2.45, 2.75) is 57.8 Å². The van der Waals surface area contributed by atoms with Crippen molar-refractivity contribution in [3.63, 3.8) is 0 Å². The van der Waals surface area contributed by atoms with Crippen LogP contribution in [0.2, 0.25) is 0 Å². The minimum atomic E-state index is -0.526. The number of anilines is 5. The second-order valence-corrected chi connectivity index (χ2v) is 21.2. The maximum Gasteiger partial charge on any atom is 0.336 e. The van der Waals surface area contributed by atoms with Gasteiger partial charge in [0.25, 0.3) is 0 Å². The van der Waals surface area contributed by atoms with Crippen molar-refractivity contribution in [1.29, 1.82) is 0 Å². The number of hydrogen-bond acceptors (Lipinski definition) is 3. The Hall–Kier alpha value is -7.56. The van der Waals surface area contributed by atoms with Crippen molar-refractivity contribution >= 4 is 68.1 Å². The molecule has 0 N–H and O–H groups in total. The Labute approximate surface area is 393 Å². The van der Waals surface area contributed by atoms with Crippen LogP contribution in [0.25, 0.3) is 55.3 Å². The molecule has 1 spiro atoms. The number of para-hydroxylation sites is 3. The van der Waals surface area contributed by atoms with E-state index in [1.165, 1.54) is 94.7 Å². The zero-order chi connectivity index (χ0) is 45.1. The summed E-state index contributed by atoms with van der Waals surface area (Å²) in [6, 6.07) is 71.2. The summed E-state index contributed by atoms with van der Waals surface area (Å²) in [6.45, 7) is 13.8. The van der Waals surface area contributed by atoms with Crippen LogP contribution in [-0.4, -0.2) is 6.85 Å². The molecule has 9 aromatic carbocycles. The van der Waals surface area contributed by atoms with Crippen molar-refractivity contribution < 1.29 is 4.42 Å². The van der Waals surface area contributed by atoms with Crippen LogP contribution in [0, 0.1) is 0 Å². The Morgan fingerprint density at radius 1 is 0.418 bits per heavy atom. The van der Waals surface area contributed by atoms with Gasteiger partial charge in [-0.05, 0) is 114 Å². The first-order valence-corrected chi connectivity index (χ1v) is 23.9. The fourth-order valence-electron chi connectivity index (χ4n) is 12.5. The van der Waals surface area contributed by atoms with Gasteiger partial charge in [-0.1, -0.05) is 187 Å². The fraction of sp³-hybridized carbons (Fsp3) is 0.143. The third kappa shape index (κ3) is 5.03. The molecule has 0 unspecified atom stereocenters. The van der Waals surface area contributed by atoms with Gasteiger partial charge in [0.05, 0.1) is 11.1 Å². The summed E-state index contributed by atoms with van der Waals surface area (Å²) in [5, 5.41) is 2.27. The Morgan fingerprint density at radius 3 is 1.78 bits per heavy atom. The molecule has 0 saturated heterocycles. The molecule has 1 aromatic heterocycles. The van der Waals surface area contributed by atoms with Crippen LogP contribution in [-0.2, 0) is 16.2 Å². The summed E-state index contributed by atoms with van der Waals surface area (Å²) in [5.74, 6) is 0. The largest absolute Gasteiger partial charge is 0.456 e. The van der Waals surface area contributed by atoms with Gasteiger partial charge >= 0.3 is 6.85 Å². The van der Waals surface area contributed by atoms with Gasteiger partial charge in [-0.15, -0.1) is 0 Å². The molecule has 0 saturated carbocycles. The van der Waals surface area contributed by atoms with E-state index < -0.39 is 5.41 Å². The molecular formula is C63H49BN2O. The Bertz CT molecular complexity index is 3710. The van der Waals surface area contributed by atoms with Gasteiger partial charge in [-0.25, -0.2) is 0 Å². The van der Waals surface area contributed by atoms with Crippen LogP contribution in [0.4, 0.5) is 28.4 Å². The van der Waals surface area contributed by atoms with Gasteiger partial charge in [-0.3, -0.25) is 0 Å². The SMILES string of the molecule is CC(C)(C)c1ccc(N2c3cc(C(C)(C)C)cc4c3B(c3c2ccc2c3oc3ccccc32)N2c3ccccc3C3(c5ccccc5-c5ccccc53)c3cccc-4c32)c(-c2ccccc2)c1. The highest BCUT2D eigenvalue weighted by Crippen LogP contribution is 2.65. The minimum Gasteiger partial charge on any atom is -0.456 e. The molecule has 0 amide bonds. The lowest BCUT2D eigenvalue weighted by Crippen LogP contribution is -2.63. The van der Waals surface area contributed by atoms with Crippen molar-refractivity contribution in [2.24, 2.45) is 0 Å². The normalized spacial score (nSPS) is 14.7. The first kappa shape index (κ1) is 38.7. The fourth-order valence-corrected chi connectivity index (χ4v) is 12.5. The lowest BCUT2D eigenvalue weighted by Gasteiger charge is -2.52. The second-order valence-electron chi connectivity index (χ2n) is 21.2. The molecule has 4 heterocycles. The number of nitrogens with zero attached hydrogens (tertiary/aromatic N) is 2. The number of fused-ring (bicyclic) bond motifs is 17. The summed E-state index contributed by atoms with van der Waals surface area (Å²) >= 11 is 0. The minimum absolute atomic E-state index is 0.0422. The second kappa shape index (κ2) is 13.3. The van der Waals surface area contributed by atoms with E-state index in [0.29, 0.717) is 0 Å². The van der Waals surface area contributed by atoms with E-state index >= 15 is 0 Å². The third-order valence-corrected chi connectivity index (χ3v) is 15.6. The number of hydrogen-bond donors (Lipinski definition) is 0. The van der Waals surface area contributed by atoms with Crippen molar-refractivity contribution in [3.8, 4) is 33.4 Å². The Balaban J connectivity index is 1.17. The van der Waals surface area contributed by atoms with Crippen LogP contribution in [0.3, 0.4) is 0 Å². The van der Waals surface area contributed by atoms with Crippen LogP contribution in [0.15, 0.2) is 192 Å². The number of benzene rings is 9. The molecule has 0 radical (unpaired) electrons. The number of furan rings is 1.